The number of nitrogens with zero attached hydrogens (tertiary/aromatic N) is 1. The Morgan fingerprint density at radius 1 is 1.08 bits per heavy atom. The molecule has 0 radical (unpaired) electrons. The number of carbonyl (C=O) groups is 1. The van der Waals surface area contributed by atoms with Crippen LogP contribution in [0.25, 0.3) is 0 Å². The lowest BCUT2D eigenvalue weighted by Crippen LogP contribution is -2.21. The first-order valence-corrected chi connectivity index (χ1v) is 9.12. The summed E-state index contributed by atoms with van der Waals surface area (Å²) in [5.74, 6) is 0.0469. The molecule has 0 spiro atoms. The molecule has 1 aliphatic heterocycles. The minimum atomic E-state index is 0.0469. The Labute approximate surface area is 150 Å². The standard InChI is InChI=1S/C21H27N3O/c1-17-5-4-6-18(15-17)16-22-12-11-21(25)23-19-7-9-20(10-8-19)24-13-2-3-14-24/h4-10,15,22H,2-3,11-14,16H2,1H3,(H,23,25). The molecular weight excluding hydrogens is 310 g/mol. The van der Waals surface area contributed by atoms with Gasteiger partial charge in [0, 0.05) is 44.0 Å². The largest absolute Gasteiger partial charge is 0.372 e. The van der Waals surface area contributed by atoms with E-state index < -0.39 is 0 Å². The van der Waals surface area contributed by atoms with Gasteiger partial charge >= 0.3 is 0 Å². The Morgan fingerprint density at radius 3 is 2.56 bits per heavy atom. The molecule has 25 heavy (non-hydrogen) atoms. The van der Waals surface area contributed by atoms with Crippen LogP contribution in [0, 0.1) is 6.92 Å². The van der Waals surface area contributed by atoms with Crippen molar-refractivity contribution in [1.82, 2.24) is 5.32 Å². The van der Waals surface area contributed by atoms with Gasteiger partial charge in [-0.1, -0.05) is 29.8 Å². The number of anilines is 2. The van der Waals surface area contributed by atoms with Crippen LogP contribution in [0.3, 0.4) is 0 Å². The zero-order valence-electron chi connectivity index (χ0n) is 14.9. The summed E-state index contributed by atoms with van der Waals surface area (Å²) in [6.45, 7) is 5.83. The minimum Gasteiger partial charge on any atom is -0.372 e. The molecule has 4 heteroatoms. The van der Waals surface area contributed by atoms with Gasteiger partial charge in [-0.3, -0.25) is 4.79 Å². The van der Waals surface area contributed by atoms with E-state index in [1.807, 2.05) is 12.1 Å². The summed E-state index contributed by atoms with van der Waals surface area (Å²) >= 11 is 0. The van der Waals surface area contributed by atoms with Crippen LogP contribution < -0.4 is 15.5 Å². The van der Waals surface area contributed by atoms with Gasteiger partial charge < -0.3 is 15.5 Å². The molecule has 0 bridgehead atoms. The summed E-state index contributed by atoms with van der Waals surface area (Å²) in [6, 6.07) is 16.6. The normalized spacial score (nSPS) is 13.9. The van der Waals surface area contributed by atoms with Crippen LogP contribution in [0.5, 0.6) is 0 Å². The molecule has 0 unspecified atom stereocenters. The van der Waals surface area contributed by atoms with Gasteiger partial charge in [-0.25, -0.2) is 0 Å². The Kier molecular flexibility index (Phi) is 6.07. The predicted octanol–water partition coefficient (Wildman–Crippen LogP) is 3.71. The highest BCUT2D eigenvalue weighted by Gasteiger charge is 2.12. The highest BCUT2D eigenvalue weighted by atomic mass is 16.1. The topological polar surface area (TPSA) is 44.4 Å². The lowest BCUT2D eigenvalue weighted by molar-refractivity contribution is -0.116. The SMILES string of the molecule is Cc1cccc(CNCCC(=O)Nc2ccc(N3CCCC3)cc2)c1. The second-order valence-corrected chi connectivity index (χ2v) is 6.71. The van der Waals surface area contributed by atoms with Crippen molar-refractivity contribution in [2.75, 3.05) is 29.9 Å². The fraction of sp³-hybridized carbons (Fsp3) is 0.381. The van der Waals surface area contributed by atoms with E-state index >= 15 is 0 Å². The molecular formula is C21H27N3O. The van der Waals surface area contributed by atoms with E-state index in [0.29, 0.717) is 13.0 Å². The molecule has 0 atom stereocenters. The average molecular weight is 337 g/mol. The molecule has 2 aromatic carbocycles. The van der Waals surface area contributed by atoms with Crippen molar-refractivity contribution in [2.24, 2.45) is 0 Å². The van der Waals surface area contributed by atoms with Crippen LogP contribution in [0.1, 0.15) is 30.4 Å². The summed E-state index contributed by atoms with van der Waals surface area (Å²) < 4.78 is 0. The van der Waals surface area contributed by atoms with Crippen LogP contribution in [-0.2, 0) is 11.3 Å². The highest BCUT2D eigenvalue weighted by Crippen LogP contribution is 2.22. The molecule has 2 N–H and O–H groups in total. The zero-order valence-corrected chi connectivity index (χ0v) is 14.9. The van der Waals surface area contributed by atoms with Crippen molar-refractivity contribution in [2.45, 2.75) is 32.7 Å². The van der Waals surface area contributed by atoms with Gasteiger partial charge in [0.2, 0.25) is 5.91 Å². The van der Waals surface area contributed by atoms with E-state index in [1.165, 1.54) is 29.7 Å². The van der Waals surface area contributed by atoms with E-state index in [9.17, 15) is 4.79 Å². The first-order chi connectivity index (χ1) is 12.2. The smallest absolute Gasteiger partial charge is 0.225 e. The van der Waals surface area contributed by atoms with Crippen LogP contribution >= 0.6 is 0 Å². The number of amides is 1. The van der Waals surface area contributed by atoms with E-state index in [-0.39, 0.29) is 5.91 Å². The number of nitrogens with one attached hydrogen (secondary N) is 2. The van der Waals surface area contributed by atoms with Crippen molar-refractivity contribution in [3.8, 4) is 0 Å². The third-order valence-electron chi connectivity index (χ3n) is 4.56. The minimum absolute atomic E-state index is 0.0469. The molecule has 4 nitrogen and oxygen atoms in total. The summed E-state index contributed by atoms with van der Waals surface area (Å²) in [7, 11) is 0. The maximum Gasteiger partial charge on any atom is 0.225 e. The van der Waals surface area contributed by atoms with Gasteiger partial charge in [-0.2, -0.15) is 0 Å². The Bertz CT molecular complexity index is 691. The Hall–Kier alpha value is -2.33. The number of benzene rings is 2. The van der Waals surface area contributed by atoms with E-state index in [2.05, 4.69) is 58.9 Å². The molecule has 132 valence electrons. The molecule has 1 saturated heterocycles. The second-order valence-electron chi connectivity index (χ2n) is 6.71. The molecule has 2 aromatic rings. The number of aryl methyl sites for hydroxylation is 1. The van der Waals surface area contributed by atoms with Gasteiger partial charge in [0.1, 0.15) is 0 Å². The van der Waals surface area contributed by atoms with E-state index in [4.69, 9.17) is 0 Å². The van der Waals surface area contributed by atoms with Crippen LogP contribution in [0.2, 0.25) is 0 Å². The molecule has 1 amide bonds. The summed E-state index contributed by atoms with van der Waals surface area (Å²) in [4.78, 5) is 14.4. The summed E-state index contributed by atoms with van der Waals surface area (Å²) in [5.41, 5.74) is 4.62. The van der Waals surface area contributed by atoms with Crippen LogP contribution in [0.15, 0.2) is 48.5 Å². The summed E-state index contributed by atoms with van der Waals surface area (Å²) in [5, 5.41) is 6.29. The first-order valence-electron chi connectivity index (χ1n) is 9.12. The zero-order chi connectivity index (χ0) is 17.5. The number of hydrogen-bond acceptors (Lipinski definition) is 3. The van der Waals surface area contributed by atoms with Gasteiger partial charge in [0.25, 0.3) is 0 Å². The fourth-order valence-electron chi connectivity index (χ4n) is 3.21. The highest BCUT2D eigenvalue weighted by molar-refractivity contribution is 5.91. The van der Waals surface area contributed by atoms with Crippen LogP contribution in [0.4, 0.5) is 11.4 Å². The van der Waals surface area contributed by atoms with Gasteiger partial charge in [0.15, 0.2) is 0 Å². The maximum atomic E-state index is 12.1. The average Bonchev–Trinajstić information content (AvgIpc) is 3.14. The lowest BCUT2D eigenvalue weighted by atomic mass is 10.1. The van der Waals surface area contributed by atoms with Crippen molar-refractivity contribution in [3.63, 3.8) is 0 Å². The maximum absolute atomic E-state index is 12.1. The van der Waals surface area contributed by atoms with Crippen molar-refractivity contribution < 1.29 is 4.79 Å². The second kappa shape index (κ2) is 8.67. The first kappa shape index (κ1) is 17.5. The molecule has 1 fully saturated rings. The summed E-state index contributed by atoms with van der Waals surface area (Å²) in [6.07, 6.45) is 3.02. The van der Waals surface area contributed by atoms with Gasteiger partial charge in [0.05, 0.1) is 0 Å². The molecule has 3 rings (SSSR count). The molecule has 0 aromatic heterocycles. The monoisotopic (exact) mass is 337 g/mol. The molecule has 1 heterocycles. The number of rotatable bonds is 7. The van der Waals surface area contributed by atoms with Crippen molar-refractivity contribution in [3.05, 3.63) is 59.7 Å². The van der Waals surface area contributed by atoms with Crippen LogP contribution in [-0.4, -0.2) is 25.5 Å². The Morgan fingerprint density at radius 2 is 1.84 bits per heavy atom. The van der Waals surface area contributed by atoms with Gasteiger partial charge in [-0.15, -0.1) is 0 Å². The van der Waals surface area contributed by atoms with Crippen molar-refractivity contribution in [1.29, 1.82) is 0 Å². The fourth-order valence-corrected chi connectivity index (χ4v) is 3.21. The quantitative estimate of drug-likeness (QED) is 0.757. The third-order valence-corrected chi connectivity index (χ3v) is 4.56. The van der Waals surface area contributed by atoms with Crippen molar-refractivity contribution >= 4 is 17.3 Å². The van der Waals surface area contributed by atoms with E-state index in [1.54, 1.807) is 0 Å². The Balaban J connectivity index is 1.38. The van der Waals surface area contributed by atoms with E-state index in [0.717, 1.165) is 25.3 Å². The number of hydrogen-bond donors (Lipinski definition) is 2. The molecule has 0 aliphatic carbocycles. The number of carbonyl (C=O) groups excluding carboxylic acids is 1. The predicted molar refractivity (Wildman–Crippen MR) is 104 cm³/mol. The molecule has 1 aliphatic rings. The molecule has 0 saturated carbocycles. The lowest BCUT2D eigenvalue weighted by Gasteiger charge is -2.17. The third kappa shape index (κ3) is 5.33. The van der Waals surface area contributed by atoms with Gasteiger partial charge in [-0.05, 0) is 49.6 Å².